The van der Waals surface area contributed by atoms with Gasteiger partial charge in [0, 0.05) is 38.6 Å². The quantitative estimate of drug-likeness (QED) is 0.610. The van der Waals surface area contributed by atoms with Gasteiger partial charge >= 0.3 is 0 Å². The maximum atomic E-state index is 13.7. The van der Waals surface area contributed by atoms with Gasteiger partial charge in [-0.15, -0.1) is 0 Å². The van der Waals surface area contributed by atoms with Crippen molar-refractivity contribution >= 4 is 23.1 Å². The number of nitrogens with one attached hydrogen (secondary N) is 2. The minimum Gasteiger partial charge on any atom is -0.354 e. The van der Waals surface area contributed by atoms with Crippen molar-refractivity contribution in [3.8, 4) is 0 Å². The van der Waals surface area contributed by atoms with Crippen molar-refractivity contribution in [2.24, 2.45) is 5.92 Å². The van der Waals surface area contributed by atoms with Crippen molar-refractivity contribution in [1.82, 2.24) is 29.7 Å². The number of piperazine rings is 1. The zero-order valence-electron chi connectivity index (χ0n) is 18.5. The van der Waals surface area contributed by atoms with Crippen molar-refractivity contribution < 1.29 is 13.6 Å². The Morgan fingerprint density at radius 3 is 2.70 bits per heavy atom. The molecule has 1 amide bonds. The highest BCUT2D eigenvalue weighted by molar-refractivity contribution is 6.08. The number of carbonyl (C=O) groups is 1. The predicted octanol–water partition coefficient (Wildman–Crippen LogP) is 3.28. The van der Waals surface area contributed by atoms with Crippen LogP contribution in [0.15, 0.2) is 24.7 Å². The molecular weight excluding hydrogens is 430 g/mol. The third kappa shape index (κ3) is 4.41. The number of aromatic nitrogens is 5. The molecule has 2 aliphatic rings. The number of carbonyl (C=O) groups excluding carboxylic acids is 1. The summed E-state index contributed by atoms with van der Waals surface area (Å²) in [6.07, 6.45) is 5.78. The molecule has 2 fully saturated rings. The number of hydrogen-bond donors (Lipinski definition) is 2. The van der Waals surface area contributed by atoms with Crippen LogP contribution >= 0.6 is 0 Å². The van der Waals surface area contributed by atoms with Crippen LogP contribution < -0.4 is 15.5 Å². The van der Waals surface area contributed by atoms with Crippen LogP contribution in [0.3, 0.4) is 0 Å². The highest BCUT2D eigenvalue weighted by atomic mass is 19.3. The molecule has 0 radical (unpaired) electrons. The summed E-state index contributed by atoms with van der Waals surface area (Å²) in [7, 11) is 0. The van der Waals surface area contributed by atoms with E-state index in [1.54, 1.807) is 10.9 Å². The van der Waals surface area contributed by atoms with E-state index in [0.29, 0.717) is 11.6 Å². The molecule has 0 atom stereocenters. The van der Waals surface area contributed by atoms with Gasteiger partial charge in [0.05, 0.1) is 17.9 Å². The van der Waals surface area contributed by atoms with Crippen LogP contribution in [-0.2, 0) is 0 Å². The van der Waals surface area contributed by atoms with Gasteiger partial charge in [0.15, 0.2) is 11.3 Å². The van der Waals surface area contributed by atoms with Crippen molar-refractivity contribution in [2.45, 2.75) is 45.1 Å². The molecule has 1 aliphatic heterocycles. The molecule has 0 unspecified atom stereocenters. The van der Waals surface area contributed by atoms with Gasteiger partial charge < -0.3 is 15.5 Å². The van der Waals surface area contributed by atoms with Crippen LogP contribution in [0.1, 0.15) is 61.1 Å². The summed E-state index contributed by atoms with van der Waals surface area (Å²) in [6, 6.07) is 1.93. The van der Waals surface area contributed by atoms with Crippen LogP contribution in [0.2, 0.25) is 0 Å². The number of nitrogens with zero attached hydrogens (tertiary/aromatic N) is 6. The van der Waals surface area contributed by atoms with E-state index in [9.17, 15) is 13.6 Å². The second-order valence-electron chi connectivity index (χ2n) is 8.93. The molecule has 0 aromatic carbocycles. The molecule has 1 saturated carbocycles. The molecule has 2 N–H and O–H groups in total. The van der Waals surface area contributed by atoms with Gasteiger partial charge in [-0.1, -0.05) is 6.92 Å². The third-order valence-corrected chi connectivity index (χ3v) is 6.61. The molecule has 0 bridgehead atoms. The first-order chi connectivity index (χ1) is 16.0. The maximum absolute atomic E-state index is 13.7. The molecule has 3 aromatic rings. The molecule has 3 aromatic heterocycles. The SMILES string of the molecule is C[C@H]1CC[C@H](n2cc(NC(=O)c3cnn4ccc(N5CCNCC5)nc34)c(C(F)F)n2)CC1. The number of alkyl halides is 2. The van der Waals surface area contributed by atoms with E-state index in [1.165, 1.54) is 16.9 Å². The number of halogens is 2. The van der Waals surface area contributed by atoms with Gasteiger partial charge in [0.1, 0.15) is 11.4 Å². The lowest BCUT2D eigenvalue weighted by Gasteiger charge is -2.28. The van der Waals surface area contributed by atoms with E-state index in [0.717, 1.165) is 57.7 Å². The second kappa shape index (κ2) is 9.05. The summed E-state index contributed by atoms with van der Waals surface area (Å²) in [4.78, 5) is 19.8. The standard InChI is InChI=1S/C22H28F2N8O/c1-14-2-4-15(5-3-14)32-13-17(19(29-32)20(23)24)27-22(33)16-12-26-31-9-6-18(28-21(16)31)30-10-7-25-8-11-30/h6,9,12-15,20,25H,2-5,7-8,10-11H2,1H3,(H,27,33)/t14-,15-. The monoisotopic (exact) mass is 458 g/mol. The molecule has 0 spiro atoms. The van der Waals surface area contributed by atoms with Crippen molar-refractivity contribution in [3.05, 3.63) is 35.9 Å². The molecule has 4 heterocycles. The van der Waals surface area contributed by atoms with Crippen molar-refractivity contribution in [1.29, 1.82) is 0 Å². The number of hydrogen-bond acceptors (Lipinski definition) is 6. The molecule has 176 valence electrons. The molecule has 1 saturated heterocycles. The van der Waals surface area contributed by atoms with Crippen molar-refractivity contribution in [3.63, 3.8) is 0 Å². The summed E-state index contributed by atoms with van der Waals surface area (Å²) in [6.45, 7) is 5.55. The molecule has 9 nitrogen and oxygen atoms in total. The fourth-order valence-electron chi connectivity index (χ4n) is 4.64. The van der Waals surface area contributed by atoms with E-state index in [2.05, 4.69) is 37.6 Å². The molecule has 33 heavy (non-hydrogen) atoms. The van der Waals surface area contributed by atoms with E-state index in [-0.39, 0.29) is 17.3 Å². The van der Waals surface area contributed by atoms with E-state index in [1.807, 2.05) is 6.07 Å². The fraction of sp³-hybridized carbons (Fsp3) is 0.545. The van der Waals surface area contributed by atoms with Gasteiger partial charge in [0.2, 0.25) is 0 Å². The Morgan fingerprint density at radius 1 is 1.21 bits per heavy atom. The van der Waals surface area contributed by atoms with Gasteiger partial charge in [-0.2, -0.15) is 10.2 Å². The highest BCUT2D eigenvalue weighted by Crippen LogP contribution is 2.34. The van der Waals surface area contributed by atoms with E-state index < -0.39 is 18.0 Å². The van der Waals surface area contributed by atoms with Gasteiger partial charge in [-0.05, 0) is 37.7 Å². The summed E-state index contributed by atoms with van der Waals surface area (Å²) < 4.78 is 30.5. The van der Waals surface area contributed by atoms with Crippen molar-refractivity contribution in [2.75, 3.05) is 36.4 Å². The number of fused-ring (bicyclic) bond motifs is 1. The minimum absolute atomic E-state index is 0.0335. The molecule has 5 rings (SSSR count). The smallest absolute Gasteiger partial charge is 0.284 e. The summed E-state index contributed by atoms with van der Waals surface area (Å²) in [5.41, 5.74) is 0.237. The van der Waals surface area contributed by atoms with E-state index in [4.69, 9.17) is 0 Å². The topological polar surface area (TPSA) is 92.4 Å². The Hall–Kier alpha value is -3.08. The molecule has 11 heteroatoms. The summed E-state index contributed by atoms with van der Waals surface area (Å²) >= 11 is 0. The lowest BCUT2D eigenvalue weighted by molar-refractivity contribution is 0.102. The lowest BCUT2D eigenvalue weighted by Crippen LogP contribution is -2.43. The Balaban J connectivity index is 1.40. The Kier molecular flexibility index (Phi) is 5.96. The Labute approximate surface area is 190 Å². The first-order valence-electron chi connectivity index (χ1n) is 11.5. The van der Waals surface area contributed by atoms with Gasteiger partial charge in [0.25, 0.3) is 12.3 Å². The van der Waals surface area contributed by atoms with Crippen LogP contribution in [0, 0.1) is 5.92 Å². The second-order valence-corrected chi connectivity index (χ2v) is 8.93. The third-order valence-electron chi connectivity index (χ3n) is 6.61. The van der Waals surface area contributed by atoms with Crippen LogP contribution in [-0.4, -0.2) is 56.5 Å². The number of anilines is 2. The zero-order chi connectivity index (χ0) is 22.9. The zero-order valence-corrected chi connectivity index (χ0v) is 18.5. The largest absolute Gasteiger partial charge is 0.354 e. The highest BCUT2D eigenvalue weighted by Gasteiger charge is 2.26. The minimum atomic E-state index is -2.79. The Morgan fingerprint density at radius 2 is 1.97 bits per heavy atom. The maximum Gasteiger partial charge on any atom is 0.284 e. The van der Waals surface area contributed by atoms with Gasteiger partial charge in [-0.3, -0.25) is 9.48 Å². The first kappa shape index (κ1) is 21.7. The summed E-state index contributed by atoms with van der Waals surface area (Å²) in [5.74, 6) is 0.861. The fourth-order valence-corrected chi connectivity index (χ4v) is 4.64. The normalized spacial score (nSPS) is 21.6. The first-order valence-corrected chi connectivity index (χ1v) is 11.5. The number of rotatable bonds is 5. The van der Waals surface area contributed by atoms with Crippen LogP contribution in [0.4, 0.5) is 20.3 Å². The van der Waals surface area contributed by atoms with E-state index >= 15 is 0 Å². The summed E-state index contributed by atoms with van der Waals surface area (Å²) in [5, 5.41) is 14.3. The Bertz CT molecular complexity index is 1130. The molecular formula is C22H28F2N8O. The van der Waals surface area contributed by atoms with Crippen LogP contribution in [0.5, 0.6) is 0 Å². The van der Waals surface area contributed by atoms with Crippen LogP contribution in [0.25, 0.3) is 5.65 Å². The van der Waals surface area contributed by atoms with Gasteiger partial charge in [-0.25, -0.2) is 18.3 Å². The lowest BCUT2D eigenvalue weighted by atomic mass is 9.87. The molecule has 1 aliphatic carbocycles. The predicted molar refractivity (Wildman–Crippen MR) is 120 cm³/mol. The average molecular weight is 459 g/mol. The average Bonchev–Trinajstić information content (AvgIpc) is 3.44. The number of amides is 1.